The van der Waals surface area contributed by atoms with Gasteiger partial charge in [0.2, 0.25) is 0 Å². The van der Waals surface area contributed by atoms with E-state index in [0.29, 0.717) is 0 Å². The molecule has 9 aromatic rings. The van der Waals surface area contributed by atoms with Crippen LogP contribution in [0.25, 0.3) is 0 Å². The predicted molar refractivity (Wildman–Crippen MR) is 255 cm³/mol. The van der Waals surface area contributed by atoms with Crippen LogP contribution in [0.3, 0.4) is 0 Å². The molecule has 8 heteroatoms. The Morgan fingerprint density at radius 3 is 1.39 bits per heavy atom. The molecule has 0 amide bonds. The second-order valence-electron chi connectivity index (χ2n) is 16.8. The van der Waals surface area contributed by atoms with E-state index in [2.05, 4.69) is 214 Å². The standard InChI is InChI=1S/C54H32B2N4O2/c1-3-15-33(16-4-1)57-39-22-10-7-19-35(39)55-36-20-8-12-24-41(36)60-46-31-38-49(32-50(46)62-48-30-27-44(57)51(55)54(48)60)61-47-29-28-45-53-52(47)56(38)37-21-9-11-23-40(37)59(53)43-26-14-13-25-42(43)58(45)34-17-5-2-6-18-34/h1-32H. The first-order chi connectivity index (χ1) is 30.8. The molecule has 6 nitrogen and oxygen atoms in total. The number of ether oxygens (including phenoxy) is 2. The SMILES string of the molecule is c1ccc(N2c3ccccc3B3c4ccccc4N4c5cc6c(cc5Oc5ccc2c3c54)Oc2ccc3c4c2B6c2ccccc2N4c2ccccc2N3c2ccccc2)cc1. The Morgan fingerprint density at radius 1 is 0.274 bits per heavy atom. The second kappa shape index (κ2) is 11.8. The molecule has 0 saturated carbocycles. The lowest BCUT2D eigenvalue weighted by Gasteiger charge is -2.47. The molecular formula is C54H32B2N4O2. The smallest absolute Gasteiger partial charge is 0.256 e. The van der Waals surface area contributed by atoms with Crippen LogP contribution in [0.5, 0.6) is 23.0 Å². The van der Waals surface area contributed by atoms with E-state index in [1.54, 1.807) is 0 Å². The van der Waals surface area contributed by atoms with Gasteiger partial charge in [-0.1, -0.05) is 103 Å². The van der Waals surface area contributed by atoms with E-state index >= 15 is 0 Å². The van der Waals surface area contributed by atoms with E-state index < -0.39 is 0 Å². The Hall–Kier alpha value is -8.09. The summed E-state index contributed by atoms with van der Waals surface area (Å²) in [5.74, 6) is 3.29. The molecule has 0 spiro atoms. The van der Waals surface area contributed by atoms with Gasteiger partial charge in [-0.15, -0.1) is 0 Å². The molecule has 0 bridgehead atoms. The second-order valence-corrected chi connectivity index (χ2v) is 16.8. The van der Waals surface area contributed by atoms with Crippen LogP contribution < -0.4 is 61.9 Å². The van der Waals surface area contributed by atoms with Gasteiger partial charge in [-0.3, -0.25) is 0 Å². The van der Waals surface area contributed by atoms with Gasteiger partial charge < -0.3 is 29.1 Å². The monoisotopic (exact) mass is 790 g/mol. The minimum Gasteiger partial charge on any atom is -0.458 e. The summed E-state index contributed by atoms with van der Waals surface area (Å²) in [6.07, 6.45) is 0. The van der Waals surface area contributed by atoms with Gasteiger partial charge in [0.15, 0.2) is 11.5 Å². The first-order valence-corrected chi connectivity index (χ1v) is 21.3. The van der Waals surface area contributed by atoms with E-state index in [1.165, 1.54) is 38.7 Å². The van der Waals surface area contributed by atoms with Crippen molar-refractivity contribution in [3.63, 3.8) is 0 Å². The van der Waals surface area contributed by atoms with Crippen LogP contribution in [0.1, 0.15) is 0 Å². The summed E-state index contributed by atoms with van der Waals surface area (Å²) in [7, 11) is 0. The lowest BCUT2D eigenvalue weighted by Crippen LogP contribution is -2.62. The number of nitrogens with zero attached hydrogens (tertiary/aromatic N) is 4. The Morgan fingerprint density at radius 2 is 0.742 bits per heavy atom. The number of rotatable bonds is 2. The Kier molecular flexibility index (Phi) is 6.23. The van der Waals surface area contributed by atoms with Crippen LogP contribution in [0.2, 0.25) is 0 Å². The lowest BCUT2D eigenvalue weighted by molar-refractivity contribution is 0.460. The quantitative estimate of drug-likeness (QED) is 0.162. The van der Waals surface area contributed by atoms with Gasteiger partial charge >= 0.3 is 0 Å². The van der Waals surface area contributed by atoms with Crippen molar-refractivity contribution in [2.75, 3.05) is 19.6 Å². The molecule has 0 saturated heterocycles. The molecule has 0 unspecified atom stereocenters. The van der Waals surface area contributed by atoms with Crippen molar-refractivity contribution in [3.8, 4) is 23.0 Å². The van der Waals surface area contributed by atoms with Gasteiger partial charge in [0.05, 0.1) is 34.1 Å². The number of para-hydroxylation sites is 7. The van der Waals surface area contributed by atoms with Crippen molar-refractivity contribution in [1.82, 2.24) is 0 Å². The molecule has 15 rings (SSSR count). The summed E-state index contributed by atoms with van der Waals surface area (Å²) in [4.78, 5) is 9.76. The summed E-state index contributed by atoms with van der Waals surface area (Å²) in [5, 5.41) is 0. The highest BCUT2D eigenvalue weighted by Gasteiger charge is 2.49. The zero-order chi connectivity index (χ0) is 40.2. The Bertz CT molecular complexity index is 3210. The fourth-order valence-electron chi connectivity index (χ4n) is 11.4. The molecule has 0 atom stereocenters. The van der Waals surface area contributed by atoms with E-state index in [4.69, 9.17) is 9.47 Å². The number of benzene rings is 9. The summed E-state index contributed by atoms with van der Waals surface area (Å²) in [6.45, 7) is -0.0663. The number of hydrogen-bond donors (Lipinski definition) is 0. The Balaban J connectivity index is 0.974. The molecule has 0 N–H and O–H groups in total. The van der Waals surface area contributed by atoms with E-state index in [0.717, 1.165) is 85.3 Å². The van der Waals surface area contributed by atoms with Crippen LogP contribution in [0.4, 0.5) is 68.2 Å². The van der Waals surface area contributed by atoms with Gasteiger partial charge in [0.1, 0.15) is 11.5 Å². The zero-order valence-corrected chi connectivity index (χ0v) is 33.2. The molecule has 62 heavy (non-hydrogen) atoms. The predicted octanol–water partition coefficient (Wildman–Crippen LogP) is 10.1. The third kappa shape index (κ3) is 4.07. The van der Waals surface area contributed by atoms with Crippen molar-refractivity contribution in [2.45, 2.75) is 0 Å². The van der Waals surface area contributed by atoms with Crippen LogP contribution in [0, 0.1) is 0 Å². The van der Waals surface area contributed by atoms with E-state index in [-0.39, 0.29) is 13.4 Å². The normalized spacial score (nSPS) is 14.5. The minimum atomic E-state index is -0.0938. The average Bonchev–Trinajstić information content (AvgIpc) is 3.33. The molecule has 0 radical (unpaired) electrons. The summed E-state index contributed by atoms with van der Waals surface area (Å²) < 4.78 is 14.2. The number of anilines is 12. The van der Waals surface area contributed by atoms with Crippen molar-refractivity contribution in [2.24, 2.45) is 0 Å². The van der Waals surface area contributed by atoms with Crippen molar-refractivity contribution >= 4 is 114 Å². The highest BCUT2D eigenvalue weighted by Crippen LogP contribution is 2.58. The van der Waals surface area contributed by atoms with Crippen molar-refractivity contribution in [3.05, 3.63) is 194 Å². The van der Waals surface area contributed by atoms with Crippen LogP contribution >= 0.6 is 0 Å². The van der Waals surface area contributed by atoms with Gasteiger partial charge in [0.25, 0.3) is 13.4 Å². The zero-order valence-electron chi connectivity index (χ0n) is 33.2. The summed E-state index contributed by atoms with van der Waals surface area (Å²) in [5.41, 5.74) is 20.9. The molecule has 6 heterocycles. The minimum absolute atomic E-state index is 0.0275. The maximum Gasteiger partial charge on any atom is 0.256 e. The fraction of sp³-hybridized carbons (Fsp3) is 0. The van der Waals surface area contributed by atoms with E-state index in [9.17, 15) is 0 Å². The van der Waals surface area contributed by atoms with Crippen LogP contribution in [-0.4, -0.2) is 13.4 Å². The lowest BCUT2D eigenvalue weighted by atomic mass is 9.33. The molecule has 9 aromatic carbocycles. The van der Waals surface area contributed by atoms with Gasteiger partial charge in [-0.05, 0) is 118 Å². The molecule has 0 fully saturated rings. The van der Waals surface area contributed by atoms with Gasteiger partial charge in [0, 0.05) is 40.2 Å². The highest BCUT2D eigenvalue weighted by molar-refractivity contribution is 7.01. The molecular weight excluding hydrogens is 758 g/mol. The summed E-state index contributed by atoms with van der Waals surface area (Å²) in [6, 6.07) is 70.2. The maximum atomic E-state index is 7.08. The topological polar surface area (TPSA) is 31.4 Å². The largest absolute Gasteiger partial charge is 0.458 e. The van der Waals surface area contributed by atoms with E-state index in [1.807, 2.05) is 0 Å². The molecule has 6 aliphatic rings. The summed E-state index contributed by atoms with van der Waals surface area (Å²) >= 11 is 0. The number of fused-ring (bicyclic) bond motifs is 14. The third-order valence-electron chi connectivity index (χ3n) is 13.8. The Labute approximate surface area is 359 Å². The first kappa shape index (κ1) is 32.7. The van der Waals surface area contributed by atoms with Gasteiger partial charge in [-0.25, -0.2) is 0 Å². The highest BCUT2D eigenvalue weighted by atomic mass is 16.5. The van der Waals surface area contributed by atoms with Crippen LogP contribution in [-0.2, 0) is 0 Å². The molecule has 6 aliphatic heterocycles. The van der Waals surface area contributed by atoms with Crippen molar-refractivity contribution < 1.29 is 9.47 Å². The number of hydrogen-bond acceptors (Lipinski definition) is 6. The third-order valence-corrected chi connectivity index (χ3v) is 13.8. The first-order valence-electron chi connectivity index (χ1n) is 21.3. The molecule has 286 valence electrons. The van der Waals surface area contributed by atoms with Crippen molar-refractivity contribution in [1.29, 1.82) is 0 Å². The molecule has 0 aliphatic carbocycles. The fourth-order valence-corrected chi connectivity index (χ4v) is 11.4. The van der Waals surface area contributed by atoms with Gasteiger partial charge in [-0.2, -0.15) is 0 Å². The van der Waals surface area contributed by atoms with Crippen LogP contribution in [0.15, 0.2) is 194 Å². The average molecular weight is 791 g/mol. The maximum absolute atomic E-state index is 7.08. The molecule has 0 aromatic heterocycles.